The Morgan fingerprint density at radius 3 is 2.24 bits per heavy atom. The van der Waals surface area contributed by atoms with Crippen molar-refractivity contribution in [3.05, 3.63) is 54.9 Å². The highest BCUT2D eigenvalue weighted by atomic mass is 16.3. The van der Waals surface area contributed by atoms with Crippen molar-refractivity contribution in [3.63, 3.8) is 0 Å². The number of imidazole rings is 1. The van der Waals surface area contributed by atoms with Crippen molar-refractivity contribution in [2.45, 2.75) is 0 Å². The monoisotopic (exact) mass is 328 g/mol. The minimum atomic E-state index is -0.184. The van der Waals surface area contributed by atoms with Crippen LogP contribution in [0.5, 0.6) is 11.5 Å². The SMILES string of the molecule is Oc1ccc(-c2nc3c4cccnc4c4ncccc4c3[nH]2)cc1O. The van der Waals surface area contributed by atoms with Crippen molar-refractivity contribution in [1.29, 1.82) is 0 Å². The molecule has 0 amide bonds. The average Bonchev–Trinajstić information content (AvgIpc) is 3.10. The number of aromatic hydroxyl groups is 2. The van der Waals surface area contributed by atoms with E-state index in [1.165, 1.54) is 12.1 Å². The molecule has 5 aromatic rings. The smallest absolute Gasteiger partial charge is 0.158 e. The average molecular weight is 328 g/mol. The largest absolute Gasteiger partial charge is 0.504 e. The maximum absolute atomic E-state index is 9.77. The van der Waals surface area contributed by atoms with Crippen LogP contribution in [0.1, 0.15) is 0 Å². The summed E-state index contributed by atoms with van der Waals surface area (Å²) in [6, 6.07) is 12.3. The highest BCUT2D eigenvalue weighted by Gasteiger charge is 2.15. The van der Waals surface area contributed by atoms with Gasteiger partial charge in [-0.3, -0.25) is 9.97 Å². The number of aromatic nitrogens is 4. The predicted molar refractivity (Wildman–Crippen MR) is 95.5 cm³/mol. The van der Waals surface area contributed by atoms with E-state index in [9.17, 15) is 10.2 Å². The molecule has 120 valence electrons. The molecule has 0 radical (unpaired) electrons. The van der Waals surface area contributed by atoms with E-state index in [1.54, 1.807) is 18.5 Å². The fourth-order valence-electron chi connectivity index (χ4n) is 3.15. The zero-order valence-corrected chi connectivity index (χ0v) is 12.9. The molecule has 25 heavy (non-hydrogen) atoms. The lowest BCUT2D eigenvalue weighted by atomic mass is 10.1. The number of fused-ring (bicyclic) bond motifs is 6. The fraction of sp³-hybridized carbons (Fsp3) is 0. The number of phenolic OH excluding ortho intramolecular Hbond substituents is 2. The van der Waals surface area contributed by atoms with Crippen LogP contribution in [0.2, 0.25) is 0 Å². The van der Waals surface area contributed by atoms with Gasteiger partial charge in [-0.05, 0) is 42.5 Å². The van der Waals surface area contributed by atoms with E-state index in [0.717, 1.165) is 32.8 Å². The predicted octanol–water partition coefficient (Wildman–Crippen LogP) is 3.74. The van der Waals surface area contributed by atoms with E-state index < -0.39 is 0 Å². The van der Waals surface area contributed by atoms with Gasteiger partial charge in [-0.25, -0.2) is 4.98 Å². The second-order valence-electron chi connectivity index (χ2n) is 5.81. The lowest BCUT2D eigenvalue weighted by molar-refractivity contribution is 0.404. The topological polar surface area (TPSA) is 94.9 Å². The van der Waals surface area contributed by atoms with Crippen LogP contribution in [-0.2, 0) is 0 Å². The molecule has 0 saturated heterocycles. The minimum absolute atomic E-state index is 0.163. The number of phenols is 2. The number of pyridine rings is 2. The fourth-order valence-corrected chi connectivity index (χ4v) is 3.15. The first kappa shape index (κ1) is 13.7. The molecule has 6 nitrogen and oxygen atoms in total. The number of hydrogen-bond donors (Lipinski definition) is 3. The Balaban J connectivity index is 1.92. The van der Waals surface area contributed by atoms with E-state index in [4.69, 9.17) is 4.98 Å². The lowest BCUT2D eigenvalue weighted by Crippen LogP contribution is -1.86. The van der Waals surface area contributed by atoms with Crippen molar-refractivity contribution in [2.75, 3.05) is 0 Å². The van der Waals surface area contributed by atoms with Gasteiger partial charge in [0.15, 0.2) is 11.5 Å². The van der Waals surface area contributed by atoms with Crippen LogP contribution in [0.15, 0.2) is 54.9 Å². The molecule has 0 spiro atoms. The van der Waals surface area contributed by atoms with Gasteiger partial charge < -0.3 is 15.2 Å². The van der Waals surface area contributed by atoms with Crippen molar-refractivity contribution >= 4 is 32.8 Å². The van der Waals surface area contributed by atoms with Crippen LogP contribution < -0.4 is 0 Å². The van der Waals surface area contributed by atoms with Gasteiger partial charge >= 0.3 is 0 Å². The van der Waals surface area contributed by atoms with Gasteiger partial charge in [0, 0.05) is 28.7 Å². The summed E-state index contributed by atoms with van der Waals surface area (Å²) in [6.07, 6.45) is 3.49. The summed E-state index contributed by atoms with van der Waals surface area (Å²) in [5.41, 5.74) is 3.96. The molecule has 0 fully saturated rings. The number of nitrogens with zero attached hydrogens (tertiary/aromatic N) is 3. The van der Waals surface area contributed by atoms with E-state index in [0.29, 0.717) is 11.4 Å². The Hall–Kier alpha value is -3.67. The normalized spacial score (nSPS) is 11.5. The first-order valence-corrected chi connectivity index (χ1v) is 7.76. The quantitative estimate of drug-likeness (QED) is 0.322. The molecule has 3 N–H and O–H groups in total. The zero-order valence-electron chi connectivity index (χ0n) is 12.9. The summed E-state index contributed by atoms with van der Waals surface area (Å²) in [4.78, 5) is 17.0. The van der Waals surface area contributed by atoms with Crippen molar-refractivity contribution in [1.82, 2.24) is 19.9 Å². The van der Waals surface area contributed by atoms with E-state index >= 15 is 0 Å². The highest BCUT2D eigenvalue weighted by molar-refractivity contribution is 6.21. The molecule has 0 aliphatic rings. The summed E-state index contributed by atoms with van der Waals surface area (Å²) in [7, 11) is 0. The first-order chi connectivity index (χ1) is 12.2. The molecule has 0 saturated carbocycles. The van der Waals surface area contributed by atoms with E-state index in [-0.39, 0.29) is 11.5 Å². The van der Waals surface area contributed by atoms with Crippen molar-refractivity contribution < 1.29 is 10.2 Å². The van der Waals surface area contributed by atoms with E-state index in [2.05, 4.69) is 15.0 Å². The highest BCUT2D eigenvalue weighted by Crippen LogP contribution is 2.35. The molecule has 0 atom stereocenters. The number of aromatic amines is 1. The Labute approximate surface area is 141 Å². The van der Waals surface area contributed by atoms with Gasteiger partial charge in [-0.1, -0.05) is 0 Å². The molecule has 3 heterocycles. The minimum Gasteiger partial charge on any atom is -0.504 e. The number of nitrogens with one attached hydrogen (secondary N) is 1. The molecule has 5 rings (SSSR count). The summed E-state index contributed by atoms with van der Waals surface area (Å²) in [5, 5.41) is 21.1. The Kier molecular flexibility index (Phi) is 2.70. The third-order valence-electron chi connectivity index (χ3n) is 4.32. The summed E-state index contributed by atoms with van der Waals surface area (Å²) in [6.45, 7) is 0. The van der Waals surface area contributed by atoms with Gasteiger partial charge in [0.25, 0.3) is 0 Å². The number of hydrogen-bond acceptors (Lipinski definition) is 5. The molecule has 0 aliphatic carbocycles. The molecule has 0 unspecified atom stereocenters. The second kappa shape index (κ2) is 4.91. The Morgan fingerprint density at radius 2 is 1.48 bits per heavy atom. The van der Waals surface area contributed by atoms with Crippen molar-refractivity contribution in [3.8, 4) is 22.9 Å². The van der Waals surface area contributed by atoms with Gasteiger partial charge in [0.2, 0.25) is 0 Å². The van der Waals surface area contributed by atoms with Gasteiger partial charge in [0.1, 0.15) is 5.82 Å². The molecule has 0 aliphatic heterocycles. The number of benzene rings is 2. The molecular formula is C19H12N4O2. The van der Waals surface area contributed by atoms with Crippen LogP contribution in [-0.4, -0.2) is 30.1 Å². The summed E-state index contributed by atoms with van der Waals surface area (Å²) in [5.74, 6) is 0.256. The van der Waals surface area contributed by atoms with Crippen LogP contribution in [0.4, 0.5) is 0 Å². The summed E-state index contributed by atoms with van der Waals surface area (Å²) < 4.78 is 0. The lowest BCUT2D eigenvalue weighted by Gasteiger charge is -2.03. The van der Waals surface area contributed by atoms with Crippen LogP contribution in [0, 0.1) is 0 Å². The van der Waals surface area contributed by atoms with Gasteiger partial charge in [0.05, 0.1) is 22.1 Å². The third-order valence-corrected chi connectivity index (χ3v) is 4.32. The first-order valence-electron chi connectivity index (χ1n) is 7.76. The Bertz CT molecular complexity index is 1200. The standard InChI is InChI=1S/C19H12N4O2/c24-13-6-5-10(9-14(13)25)19-22-17-11-3-1-7-20-15(11)16-12(18(17)23-19)4-2-8-21-16/h1-9,24-25H,(H,22,23). The molecule has 6 heteroatoms. The van der Waals surface area contributed by atoms with Gasteiger partial charge in [-0.2, -0.15) is 0 Å². The van der Waals surface area contributed by atoms with Crippen LogP contribution in [0.25, 0.3) is 44.2 Å². The molecular weight excluding hydrogens is 316 g/mol. The maximum Gasteiger partial charge on any atom is 0.158 e. The molecule has 2 aromatic carbocycles. The maximum atomic E-state index is 9.77. The molecule has 0 bridgehead atoms. The van der Waals surface area contributed by atoms with Crippen LogP contribution in [0.3, 0.4) is 0 Å². The number of H-pyrrole nitrogens is 1. The van der Waals surface area contributed by atoms with Crippen molar-refractivity contribution in [2.24, 2.45) is 0 Å². The van der Waals surface area contributed by atoms with Crippen LogP contribution >= 0.6 is 0 Å². The second-order valence-corrected chi connectivity index (χ2v) is 5.81. The molecule has 3 aromatic heterocycles. The number of rotatable bonds is 1. The van der Waals surface area contributed by atoms with E-state index in [1.807, 2.05) is 24.3 Å². The zero-order chi connectivity index (χ0) is 17.0. The Morgan fingerprint density at radius 1 is 0.760 bits per heavy atom. The third kappa shape index (κ3) is 1.94. The summed E-state index contributed by atoms with van der Waals surface area (Å²) >= 11 is 0. The van der Waals surface area contributed by atoms with Gasteiger partial charge in [-0.15, -0.1) is 0 Å².